The van der Waals surface area contributed by atoms with Crippen molar-refractivity contribution in [3.8, 4) is 11.3 Å². The molecule has 4 heterocycles. The first-order valence-corrected chi connectivity index (χ1v) is 11.3. The molecular weight excluding hydrogens is 416 g/mol. The normalized spacial score (nSPS) is 15.4. The van der Waals surface area contributed by atoms with E-state index in [1.54, 1.807) is 23.2 Å². The SMILES string of the molecule is O=C(c1cn[nH]c1-c1ccccc1)N1CCN(S(=O)(=O)c2c[nH]c3ncccc23)CC1. The number of hydrogen-bond donors (Lipinski definition) is 2. The molecular formula is C21H20N6O3S. The van der Waals surface area contributed by atoms with E-state index in [4.69, 9.17) is 0 Å². The molecule has 2 N–H and O–H groups in total. The summed E-state index contributed by atoms with van der Waals surface area (Å²) in [6.07, 6.45) is 4.61. The van der Waals surface area contributed by atoms with E-state index in [0.717, 1.165) is 5.56 Å². The van der Waals surface area contributed by atoms with E-state index in [1.165, 1.54) is 16.7 Å². The number of carbonyl (C=O) groups is 1. The minimum atomic E-state index is -3.69. The van der Waals surface area contributed by atoms with Crippen LogP contribution in [0.4, 0.5) is 0 Å². The average molecular weight is 436 g/mol. The number of sulfonamides is 1. The third-order valence-corrected chi connectivity index (χ3v) is 7.43. The summed E-state index contributed by atoms with van der Waals surface area (Å²) in [6.45, 7) is 1.05. The summed E-state index contributed by atoms with van der Waals surface area (Å²) in [5, 5.41) is 7.50. The van der Waals surface area contributed by atoms with E-state index >= 15 is 0 Å². The quantitative estimate of drug-likeness (QED) is 0.508. The zero-order valence-corrected chi connectivity index (χ0v) is 17.3. The van der Waals surface area contributed by atoms with Gasteiger partial charge in [0, 0.05) is 49.5 Å². The Labute approximate surface area is 178 Å². The number of rotatable bonds is 4. The molecule has 5 rings (SSSR count). The Morgan fingerprint density at radius 3 is 2.55 bits per heavy atom. The lowest BCUT2D eigenvalue weighted by Crippen LogP contribution is -2.50. The number of amides is 1. The first-order valence-electron chi connectivity index (χ1n) is 9.86. The minimum Gasteiger partial charge on any atom is -0.345 e. The van der Waals surface area contributed by atoms with Crippen molar-refractivity contribution in [3.63, 3.8) is 0 Å². The average Bonchev–Trinajstić information content (AvgIpc) is 3.47. The molecule has 10 heteroatoms. The van der Waals surface area contributed by atoms with Crippen molar-refractivity contribution in [2.75, 3.05) is 26.2 Å². The summed E-state index contributed by atoms with van der Waals surface area (Å²) in [7, 11) is -3.69. The van der Waals surface area contributed by atoms with Crippen molar-refractivity contribution < 1.29 is 13.2 Å². The largest absolute Gasteiger partial charge is 0.345 e. The van der Waals surface area contributed by atoms with Gasteiger partial charge in [-0.15, -0.1) is 0 Å². The summed E-state index contributed by atoms with van der Waals surface area (Å²) in [5.74, 6) is -0.166. The van der Waals surface area contributed by atoms with Gasteiger partial charge in [-0.25, -0.2) is 13.4 Å². The van der Waals surface area contributed by atoms with Crippen LogP contribution in [0.3, 0.4) is 0 Å². The molecule has 1 aliphatic heterocycles. The molecule has 0 aliphatic carbocycles. The lowest BCUT2D eigenvalue weighted by Gasteiger charge is -2.33. The Morgan fingerprint density at radius 2 is 1.77 bits per heavy atom. The fourth-order valence-electron chi connectivity index (χ4n) is 3.86. The van der Waals surface area contributed by atoms with E-state index in [1.807, 2.05) is 30.3 Å². The van der Waals surface area contributed by atoms with Crippen molar-refractivity contribution in [1.29, 1.82) is 0 Å². The van der Waals surface area contributed by atoms with Gasteiger partial charge in [-0.3, -0.25) is 9.89 Å². The monoisotopic (exact) mass is 436 g/mol. The van der Waals surface area contributed by atoms with Crippen LogP contribution in [0.15, 0.2) is 66.0 Å². The number of H-pyrrole nitrogens is 2. The highest BCUT2D eigenvalue weighted by molar-refractivity contribution is 7.89. The molecule has 0 spiro atoms. The Balaban J connectivity index is 1.33. The summed E-state index contributed by atoms with van der Waals surface area (Å²) < 4.78 is 27.7. The highest BCUT2D eigenvalue weighted by Crippen LogP contribution is 2.26. The van der Waals surface area contributed by atoms with E-state index in [0.29, 0.717) is 35.4 Å². The number of aromatic nitrogens is 4. The van der Waals surface area contributed by atoms with Gasteiger partial charge in [-0.1, -0.05) is 30.3 Å². The van der Waals surface area contributed by atoms with E-state index < -0.39 is 10.0 Å². The van der Waals surface area contributed by atoms with Crippen molar-refractivity contribution in [2.45, 2.75) is 4.90 Å². The first-order chi connectivity index (χ1) is 15.1. The smallest absolute Gasteiger partial charge is 0.257 e. The lowest BCUT2D eigenvalue weighted by atomic mass is 10.1. The number of nitrogens with zero attached hydrogens (tertiary/aromatic N) is 4. The van der Waals surface area contributed by atoms with Crippen LogP contribution >= 0.6 is 0 Å². The van der Waals surface area contributed by atoms with Crippen LogP contribution in [0.2, 0.25) is 0 Å². The highest BCUT2D eigenvalue weighted by Gasteiger charge is 2.33. The summed E-state index contributed by atoms with van der Waals surface area (Å²) in [6, 6.07) is 13.0. The number of pyridine rings is 1. The van der Waals surface area contributed by atoms with Crippen molar-refractivity contribution in [2.24, 2.45) is 0 Å². The van der Waals surface area contributed by atoms with E-state index in [2.05, 4.69) is 20.2 Å². The van der Waals surface area contributed by atoms with Gasteiger partial charge in [0.2, 0.25) is 10.0 Å². The maximum Gasteiger partial charge on any atom is 0.257 e. The van der Waals surface area contributed by atoms with Gasteiger partial charge in [0.1, 0.15) is 10.5 Å². The second-order valence-corrected chi connectivity index (χ2v) is 9.18. The van der Waals surface area contributed by atoms with E-state index in [9.17, 15) is 13.2 Å². The maximum absolute atomic E-state index is 13.2. The van der Waals surface area contributed by atoms with Crippen LogP contribution in [0.5, 0.6) is 0 Å². The van der Waals surface area contributed by atoms with Gasteiger partial charge in [-0.2, -0.15) is 9.40 Å². The molecule has 1 saturated heterocycles. The first kappa shape index (κ1) is 19.5. The molecule has 0 unspecified atom stereocenters. The van der Waals surface area contributed by atoms with Gasteiger partial charge in [0.25, 0.3) is 5.91 Å². The van der Waals surface area contributed by atoms with Gasteiger partial charge in [0.05, 0.1) is 17.5 Å². The molecule has 0 radical (unpaired) electrons. The van der Waals surface area contributed by atoms with Crippen LogP contribution in [0.25, 0.3) is 22.3 Å². The Bertz CT molecular complexity index is 1340. The Morgan fingerprint density at radius 1 is 1.00 bits per heavy atom. The maximum atomic E-state index is 13.2. The summed E-state index contributed by atoms with van der Waals surface area (Å²) >= 11 is 0. The molecule has 0 atom stereocenters. The van der Waals surface area contributed by atoms with Gasteiger partial charge in [0.15, 0.2) is 0 Å². The number of piperazine rings is 1. The number of aromatic amines is 2. The second-order valence-electron chi connectivity index (χ2n) is 7.27. The fourth-order valence-corrected chi connectivity index (χ4v) is 5.43. The third-order valence-electron chi connectivity index (χ3n) is 5.49. The standard InChI is InChI=1S/C21H20N6O3S/c28-21(17-13-24-25-19(17)15-5-2-1-3-6-15)26-9-11-27(12-10-26)31(29,30)18-14-23-20-16(18)7-4-8-22-20/h1-8,13-14H,9-12H2,(H,22,23)(H,24,25). The fraction of sp³-hybridized carbons (Fsp3) is 0.190. The number of fused-ring (bicyclic) bond motifs is 1. The zero-order valence-electron chi connectivity index (χ0n) is 16.5. The molecule has 3 aromatic heterocycles. The number of hydrogen-bond acceptors (Lipinski definition) is 5. The van der Waals surface area contributed by atoms with E-state index in [-0.39, 0.29) is 23.9 Å². The zero-order chi connectivity index (χ0) is 21.4. The van der Waals surface area contributed by atoms with Crippen LogP contribution in [-0.4, -0.2) is 69.9 Å². The number of carbonyl (C=O) groups excluding carboxylic acids is 1. The van der Waals surface area contributed by atoms with Gasteiger partial charge < -0.3 is 9.88 Å². The van der Waals surface area contributed by atoms with Crippen molar-refractivity contribution in [3.05, 3.63) is 66.6 Å². The number of benzene rings is 1. The topological polar surface area (TPSA) is 115 Å². The molecule has 1 amide bonds. The molecule has 4 aromatic rings. The predicted molar refractivity (Wildman–Crippen MR) is 115 cm³/mol. The second kappa shape index (κ2) is 7.64. The lowest BCUT2D eigenvalue weighted by molar-refractivity contribution is 0.0699. The Kier molecular flexibility index (Phi) is 4.79. The summed E-state index contributed by atoms with van der Waals surface area (Å²) in [4.78, 5) is 22.0. The summed E-state index contributed by atoms with van der Waals surface area (Å²) in [5.41, 5.74) is 2.54. The van der Waals surface area contributed by atoms with Gasteiger partial charge >= 0.3 is 0 Å². The van der Waals surface area contributed by atoms with Crippen molar-refractivity contribution >= 4 is 27.0 Å². The van der Waals surface area contributed by atoms with Crippen LogP contribution < -0.4 is 0 Å². The van der Waals surface area contributed by atoms with Crippen LogP contribution in [-0.2, 0) is 10.0 Å². The third kappa shape index (κ3) is 3.39. The highest BCUT2D eigenvalue weighted by atomic mass is 32.2. The van der Waals surface area contributed by atoms with Crippen LogP contribution in [0, 0.1) is 0 Å². The Hall–Kier alpha value is -3.50. The van der Waals surface area contributed by atoms with Crippen LogP contribution in [0.1, 0.15) is 10.4 Å². The molecule has 1 aromatic carbocycles. The van der Waals surface area contributed by atoms with Gasteiger partial charge in [-0.05, 0) is 12.1 Å². The molecule has 158 valence electrons. The molecule has 0 bridgehead atoms. The predicted octanol–water partition coefficient (Wildman–Crippen LogP) is 2.10. The number of nitrogens with one attached hydrogen (secondary N) is 2. The van der Waals surface area contributed by atoms with Crippen molar-refractivity contribution in [1.82, 2.24) is 29.4 Å². The molecule has 1 aliphatic rings. The molecule has 9 nitrogen and oxygen atoms in total. The molecule has 31 heavy (non-hydrogen) atoms. The molecule has 1 fully saturated rings. The molecule has 0 saturated carbocycles. The minimum absolute atomic E-state index is 0.166.